The van der Waals surface area contributed by atoms with Gasteiger partial charge in [-0.3, -0.25) is 14.9 Å². The summed E-state index contributed by atoms with van der Waals surface area (Å²) in [7, 11) is -2.05. The molecule has 3 rings (SSSR count). The molecular formula is C22H28N4O5S. The van der Waals surface area contributed by atoms with Crippen LogP contribution in [-0.4, -0.2) is 49.7 Å². The molecule has 2 aromatic carbocycles. The highest BCUT2D eigenvalue weighted by atomic mass is 32.2. The molecule has 0 saturated carbocycles. The number of hydrogen-bond acceptors (Lipinski definition) is 6. The van der Waals surface area contributed by atoms with Gasteiger partial charge in [0.15, 0.2) is 0 Å². The number of nitro groups is 1. The maximum absolute atomic E-state index is 12.6. The van der Waals surface area contributed by atoms with E-state index in [0.717, 1.165) is 25.9 Å². The summed E-state index contributed by atoms with van der Waals surface area (Å²) < 4.78 is 26.4. The van der Waals surface area contributed by atoms with E-state index in [-0.39, 0.29) is 28.7 Å². The van der Waals surface area contributed by atoms with Gasteiger partial charge in [0.05, 0.1) is 9.82 Å². The quantitative estimate of drug-likeness (QED) is 0.478. The third-order valence-electron chi connectivity index (χ3n) is 5.66. The minimum absolute atomic E-state index is 0.0802. The van der Waals surface area contributed by atoms with E-state index in [1.165, 1.54) is 29.6 Å². The van der Waals surface area contributed by atoms with Crippen molar-refractivity contribution in [2.24, 2.45) is 0 Å². The van der Waals surface area contributed by atoms with Crippen molar-refractivity contribution in [1.29, 1.82) is 0 Å². The largest absolute Gasteiger partial charge is 0.366 e. The number of benzene rings is 2. The van der Waals surface area contributed by atoms with Crippen LogP contribution in [0.1, 0.15) is 42.6 Å². The van der Waals surface area contributed by atoms with Crippen LogP contribution in [0.2, 0.25) is 0 Å². The monoisotopic (exact) mass is 460 g/mol. The number of nitrogens with zero attached hydrogens (tertiary/aromatic N) is 3. The zero-order chi connectivity index (χ0) is 23.5. The van der Waals surface area contributed by atoms with Gasteiger partial charge in [-0.2, -0.15) is 4.31 Å². The summed E-state index contributed by atoms with van der Waals surface area (Å²) >= 11 is 0. The summed E-state index contributed by atoms with van der Waals surface area (Å²) in [4.78, 5) is 25.8. The summed E-state index contributed by atoms with van der Waals surface area (Å²) in [5.41, 5.74) is 1.38. The van der Waals surface area contributed by atoms with Crippen molar-refractivity contribution in [3.05, 3.63) is 63.7 Å². The van der Waals surface area contributed by atoms with E-state index < -0.39 is 20.9 Å². The number of amides is 1. The van der Waals surface area contributed by atoms with Crippen LogP contribution in [0.15, 0.2) is 47.4 Å². The third-order valence-corrected chi connectivity index (χ3v) is 7.71. The highest BCUT2D eigenvalue weighted by Crippen LogP contribution is 2.31. The van der Waals surface area contributed by atoms with E-state index in [0.29, 0.717) is 11.3 Å². The van der Waals surface area contributed by atoms with Crippen LogP contribution in [0.25, 0.3) is 0 Å². The number of nitro benzene ring substituents is 1. The second kappa shape index (κ2) is 9.66. The Kier molecular flexibility index (Phi) is 7.15. The highest BCUT2D eigenvalue weighted by Gasteiger charge is 2.24. The zero-order valence-electron chi connectivity index (χ0n) is 18.4. The average molecular weight is 461 g/mol. The lowest BCUT2D eigenvalue weighted by molar-refractivity contribution is -0.384. The van der Waals surface area contributed by atoms with Crippen molar-refractivity contribution in [2.45, 2.75) is 44.2 Å². The fraction of sp³-hybridized carbons (Fsp3) is 0.409. The lowest BCUT2D eigenvalue weighted by atomic mass is 10.1. The second-order valence-electron chi connectivity index (χ2n) is 8.10. The number of nitrogens with one attached hydrogen (secondary N) is 1. The Morgan fingerprint density at radius 2 is 1.78 bits per heavy atom. The van der Waals surface area contributed by atoms with Gasteiger partial charge in [0, 0.05) is 44.4 Å². The second-order valence-corrected chi connectivity index (χ2v) is 10.1. The van der Waals surface area contributed by atoms with E-state index in [1.54, 1.807) is 38.1 Å². The van der Waals surface area contributed by atoms with Gasteiger partial charge >= 0.3 is 0 Å². The van der Waals surface area contributed by atoms with Gasteiger partial charge < -0.3 is 10.2 Å². The Labute approximate surface area is 188 Å². The maximum Gasteiger partial charge on any atom is 0.293 e. The average Bonchev–Trinajstić information content (AvgIpc) is 3.31. The Bertz CT molecular complexity index is 1090. The van der Waals surface area contributed by atoms with Crippen molar-refractivity contribution < 1.29 is 18.1 Å². The molecule has 0 unspecified atom stereocenters. The van der Waals surface area contributed by atoms with Gasteiger partial charge in [-0.15, -0.1) is 0 Å². The summed E-state index contributed by atoms with van der Waals surface area (Å²) in [5.74, 6) is -0.433. The Balaban J connectivity index is 1.69. The van der Waals surface area contributed by atoms with Crippen molar-refractivity contribution in [2.75, 3.05) is 25.0 Å². The summed E-state index contributed by atoms with van der Waals surface area (Å²) in [6.07, 6.45) is 1.99. The summed E-state index contributed by atoms with van der Waals surface area (Å²) in [6.45, 7) is 5.30. The lowest BCUT2D eigenvalue weighted by Gasteiger charge is -2.21. The smallest absolute Gasteiger partial charge is 0.293 e. The molecule has 32 heavy (non-hydrogen) atoms. The van der Waals surface area contributed by atoms with Gasteiger partial charge in [0.25, 0.3) is 11.6 Å². The molecule has 0 aliphatic carbocycles. The molecule has 1 N–H and O–H groups in total. The van der Waals surface area contributed by atoms with Gasteiger partial charge in [-0.1, -0.05) is 12.1 Å². The number of hydrogen-bond donors (Lipinski definition) is 1. The van der Waals surface area contributed by atoms with Crippen LogP contribution in [0.4, 0.5) is 11.4 Å². The number of carbonyl (C=O) groups is 1. The number of anilines is 1. The Morgan fingerprint density at radius 1 is 1.16 bits per heavy atom. The van der Waals surface area contributed by atoms with Crippen LogP contribution >= 0.6 is 0 Å². The molecule has 0 bridgehead atoms. The zero-order valence-corrected chi connectivity index (χ0v) is 19.3. The van der Waals surface area contributed by atoms with E-state index in [4.69, 9.17) is 0 Å². The molecule has 0 spiro atoms. The summed E-state index contributed by atoms with van der Waals surface area (Å²) in [5, 5.41) is 14.3. The minimum Gasteiger partial charge on any atom is -0.366 e. The van der Waals surface area contributed by atoms with E-state index >= 15 is 0 Å². The van der Waals surface area contributed by atoms with Gasteiger partial charge in [-0.25, -0.2) is 8.42 Å². The molecule has 1 fully saturated rings. The van der Waals surface area contributed by atoms with Crippen LogP contribution < -0.4 is 10.2 Å². The molecule has 0 radical (unpaired) electrons. The fourth-order valence-corrected chi connectivity index (χ4v) is 4.91. The van der Waals surface area contributed by atoms with Crippen molar-refractivity contribution in [3.63, 3.8) is 0 Å². The first kappa shape index (κ1) is 23.7. The number of rotatable bonds is 8. The van der Waals surface area contributed by atoms with Crippen LogP contribution in [0.3, 0.4) is 0 Å². The normalized spacial score (nSPS) is 14.2. The van der Waals surface area contributed by atoms with Crippen LogP contribution in [0.5, 0.6) is 0 Å². The first-order valence-corrected chi connectivity index (χ1v) is 11.9. The Morgan fingerprint density at radius 3 is 2.34 bits per heavy atom. The molecule has 9 nitrogen and oxygen atoms in total. The molecule has 0 atom stereocenters. The highest BCUT2D eigenvalue weighted by molar-refractivity contribution is 7.89. The van der Waals surface area contributed by atoms with Gasteiger partial charge in [0.1, 0.15) is 5.69 Å². The van der Waals surface area contributed by atoms with Crippen molar-refractivity contribution >= 4 is 27.3 Å². The van der Waals surface area contributed by atoms with Crippen molar-refractivity contribution in [1.82, 2.24) is 9.62 Å². The van der Waals surface area contributed by atoms with Crippen LogP contribution in [-0.2, 0) is 16.6 Å². The standard InChI is InChI=1S/C22H28N4O5S/c1-16(2)24(3)32(30,31)19-9-6-17(7-10-19)15-23-22(27)18-8-11-20(21(14-18)26(28)29)25-12-4-5-13-25/h6-11,14,16H,4-5,12-13,15H2,1-3H3,(H,23,27). The van der Waals surface area contributed by atoms with E-state index in [9.17, 15) is 23.3 Å². The molecule has 1 amide bonds. The first-order valence-electron chi connectivity index (χ1n) is 10.5. The first-order chi connectivity index (χ1) is 15.1. The van der Waals surface area contributed by atoms with E-state index in [2.05, 4.69) is 5.32 Å². The molecular weight excluding hydrogens is 432 g/mol. The molecule has 0 aromatic heterocycles. The molecule has 1 heterocycles. The molecule has 10 heteroatoms. The molecule has 1 aliphatic rings. The fourth-order valence-electron chi connectivity index (χ4n) is 3.54. The van der Waals surface area contributed by atoms with Crippen LogP contribution in [0, 0.1) is 10.1 Å². The molecule has 1 saturated heterocycles. The van der Waals surface area contributed by atoms with Gasteiger partial charge in [0.2, 0.25) is 10.0 Å². The molecule has 1 aliphatic heterocycles. The maximum atomic E-state index is 12.6. The number of carbonyl (C=O) groups excluding carboxylic acids is 1. The Hall–Kier alpha value is -2.98. The van der Waals surface area contributed by atoms with E-state index in [1.807, 2.05) is 4.90 Å². The minimum atomic E-state index is -3.58. The topological polar surface area (TPSA) is 113 Å². The van der Waals surface area contributed by atoms with Crippen molar-refractivity contribution in [3.8, 4) is 0 Å². The predicted octanol–water partition coefficient (Wildman–Crippen LogP) is 3.15. The number of sulfonamides is 1. The molecule has 172 valence electrons. The molecule has 2 aromatic rings. The van der Waals surface area contributed by atoms with Gasteiger partial charge in [-0.05, 0) is 56.5 Å². The third kappa shape index (κ3) is 5.08. The SMILES string of the molecule is CC(C)N(C)S(=O)(=O)c1ccc(CNC(=O)c2ccc(N3CCCC3)c([N+](=O)[O-])c2)cc1. The predicted molar refractivity (Wildman–Crippen MR) is 122 cm³/mol. The summed E-state index contributed by atoms with van der Waals surface area (Å²) in [6, 6.07) is 10.6. The lowest BCUT2D eigenvalue weighted by Crippen LogP contribution is -2.33.